The lowest BCUT2D eigenvalue weighted by atomic mass is 10.1. The van der Waals surface area contributed by atoms with Crippen LogP contribution in [0.25, 0.3) is 11.5 Å². The zero-order valence-electron chi connectivity index (χ0n) is 20.6. The first-order valence-corrected chi connectivity index (χ1v) is 11.8. The highest BCUT2D eigenvalue weighted by Crippen LogP contribution is 2.37. The molecule has 2 aromatic carbocycles. The molecule has 0 unspecified atom stereocenters. The molecule has 1 atom stereocenters. The first-order chi connectivity index (χ1) is 17.7. The van der Waals surface area contributed by atoms with Crippen molar-refractivity contribution in [2.75, 3.05) is 20.7 Å². The van der Waals surface area contributed by atoms with Crippen LogP contribution >= 0.6 is 0 Å². The topological polar surface area (TPSA) is 76.8 Å². The summed E-state index contributed by atoms with van der Waals surface area (Å²) in [7, 11) is 3.15. The van der Waals surface area contributed by atoms with Gasteiger partial charge in [0.25, 0.3) is 5.91 Å². The normalized spacial score (nSPS) is 14.1. The molecule has 1 heterocycles. The van der Waals surface area contributed by atoms with Crippen LogP contribution in [0.1, 0.15) is 47.6 Å². The van der Waals surface area contributed by atoms with Gasteiger partial charge in [0.15, 0.2) is 23.0 Å². The second-order valence-corrected chi connectivity index (χ2v) is 8.93. The van der Waals surface area contributed by atoms with Crippen molar-refractivity contribution in [3.8, 4) is 23.0 Å². The summed E-state index contributed by atoms with van der Waals surface area (Å²) in [6.45, 7) is -1.01. The average Bonchev–Trinajstić information content (AvgIpc) is 3.59. The van der Waals surface area contributed by atoms with Crippen LogP contribution in [0.5, 0.6) is 11.5 Å². The maximum absolute atomic E-state index is 14.1. The number of carbonyl (C=O) groups is 1. The lowest BCUT2D eigenvalue weighted by Gasteiger charge is -2.18. The molecular weight excluding hydrogens is 494 g/mol. The standard InChI is InChI=1S/C26H27F4N3O4/c1-14(31-2)23-22(25(34)33(3)12-17-6-8-18(27)11-19(17)28)32-24(37-23)16-7-9-20(36-26(29)30)21(10-16)35-13-15-4-5-15/h6-11,14-15,26,31H,4-5,12-13H2,1-3H3/t14-/m0/s1. The number of hydrogen-bond acceptors (Lipinski definition) is 6. The minimum atomic E-state index is -3.02. The second kappa shape index (κ2) is 11.2. The minimum Gasteiger partial charge on any atom is -0.489 e. The molecule has 0 aliphatic heterocycles. The predicted octanol–water partition coefficient (Wildman–Crippen LogP) is 5.56. The molecule has 4 rings (SSSR count). The van der Waals surface area contributed by atoms with Gasteiger partial charge >= 0.3 is 6.61 Å². The smallest absolute Gasteiger partial charge is 0.387 e. The fourth-order valence-corrected chi connectivity index (χ4v) is 3.63. The van der Waals surface area contributed by atoms with Gasteiger partial charge in [-0.05, 0) is 57.0 Å². The van der Waals surface area contributed by atoms with Crippen LogP contribution in [0.2, 0.25) is 0 Å². The number of nitrogens with zero attached hydrogens (tertiary/aromatic N) is 2. The van der Waals surface area contributed by atoms with E-state index in [4.69, 9.17) is 9.15 Å². The molecule has 0 radical (unpaired) electrons. The second-order valence-electron chi connectivity index (χ2n) is 8.93. The number of hydrogen-bond donors (Lipinski definition) is 1. The molecule has 1 saturated carbocycles. The van der Waals surface area contributed by atoms with Crippen LogP contribution < -0.4 is 14.8 Å². The highest BCUT2D eigenvalue weighted by atomic mass is 19.3. The number of aromatic nitrogens is 1. The van der Waals surface area contributed by atoms with Crippen LogP contribution in [0.3, 0.4) is 0 Å². The molecule has 1 aliphatic rings. The van der Waals surface area contributed by atoms with Crippen molar-refractivity contribution in [1.82, 2.24) is 15.2 Å². The van der Waals surface area contributed by atoms with Crippen molar-refractivity contribution in [1.29, 1.82) is 0 Å². The van der Waals surface area contributed by atoms with E-state index in [1.54, 1.807) is 14.0 Å². The van der Waals surface area contributed by atoms with E-state index < -0.39 is 30.2 Å². The van der Waals surface area contributed by atoms with E-state index in [-0.39, 0.29) is 41.0 Å². The summed E-state index contributed by atoms with van der Waals surface area (Å²) in [6.07, 6.45) is 2.02. The van der Waals surface area contributed by atoms with E-state index in [0.29, 0.717) is 18.1 Å². The Kier molecular flexibility index (Phi) is 8.01. The third kappa shape index (κ3) is 6.40. The maximum Gasteiger partial charge on any atom is 0.387 e. The van der Waals surface area contributed by atoms with E-state index in [1.165, 1.54) is 36.2 Å². The molecule has 1 amide bonds. The number of halogens is 4. The maximum atomic E-state index is 14.1. The molecule has 198 valence electrons. The first kappa shape index (κ1) is 26.5. The van der Waals surface area contributed by atoms with Gasteiger partial charge < -0.3 is 24.1 Å². The number of amides is 1. The molecule has 1 aromatic heterocycles. The van der Waals surface area contributed by atoms with Gasteiger partial charge in [-0.25, -0.2) is 13.8 Å². The summed E-state index contributed by atoms with van der Waals surface area (Å²) < 4.78 is 69.4. The summed E-state index contributed by atoms with van der Waals surface area (Å²) >= 11 is 0. The number of ether oxygens (including phenoxy) is 2. The number of nitrogens with one attached hydrogen (secondary N) is 1. The van der Waals surface area contributed by atoms with Gasteiger partial charge in [0, 0.05) is 30.8 Å². The largest absolute Gasteiger partial charge is 0.489 e. The Bertz CT molecular complexity index is 1260. The van der Waals surface area contributed by atoms with Gasteiger partial charge in [-0.2, -0.15) is 8.78 Å². The summed E-state index contributed by atoms with van der Waals surface area (Å²) in [6, 6.07) is 7.01. The van der Waals surface area contributed by atoms with Gasteiger partial charge in [-0.3, -0.25) is 4.79 Å². The van der Waals surface area contributed by atoms with Crippen molar-refractivity contribution in [2.45, 2.75) is 39.0 Å². The molecule has 1 fully saturated rings. The fourth-order valence-electron chi connectivity index (χ4n) is 3.63. The Hall–Kier alpha value is -3.60. The SMILES string of the molecule is CN[C@@H](C)c1oc(-c2ccc(OC(F)F)c(OCC3CC3)c2)nc1C(=O)N(C)Cc1ccc(F)cc1F. The Morgan fingerprint density at radius 3 is 2.59 bits per heavy atom. The molecule has 37 heavy (non-hydrogen) atoms. The zero-order chi connectivity index (χ0) is 26.7. The molecule has 11 heteroatoms. The van der Waals surface area contributed by atoms with Gasteiger partial charge in [0.1, 0.15) is 11.6 Å². The number of carbonyl (C=O) groups excluding carboxylic acids is 1. The van der Waals surface area contributed by atoms with Crippen molar-refractivity contribution in [2.24, 2.45) is 5.92 Å². The first-order valence-electron chi connectivity index (χ1n) is 11.8. The lowest BCUT2D eigenvalue weighted by molar-refractivity contribution is -0.0515. The molecule has 7 nitrogen and oxygen atoms in total. The van der Waals surface area contributed by atoms with Crippen LogP contribution in [0.15, 0.2) is 40.8 Å². The zero-order valence-corrected chi connectivity index (χ0v) is 20.6. The summed E-state index contributed by atoms with van der Waals surface area (Å²) in [5.74, 6) is -1.35. The number of oxazole rings is 1. The highest BCUT2D eigenvalue weighted by molar-refractivity contribution is 5.93. The van der Waals surface area contributed by atoms with Crippen molar-refractivity contribution in [3.05, 3.63) is 65.1 Å². The number of rotatable bonds is 11. The Balaban J connectivity index is 1.64. The lowest BCUT2D eigenvalue weighted by Crippen LogP contribution is -2.29. The highest BCUT2D eigenvalue weighted by Gasteiger charge is 2.28. The summed E-state index contributed by atoms with van der Waals surface area (Å²) in [5.41, 5.74) is 0.523. The predicted molar refractivity (Wildman–Crippen MR) is 126 cm³/mol. The summed E-state index contributed by atoms with van der Waals surface area (Å²) in [5, 5.41) is 2.99. The molecule has 0 saturated heterocycles. The van der Waals surface area contributed by atoms with Gasteiger partial charge in [-0.15, -0.1) is 0 Å². The Morgan fingerprint density at radius 1 is 1.19 bits per heavy atom. The number of alkyl halides is 2. The Morgan fingerprint density at radius 2 is 1.95 bits per heavy atom. The van der Waals surface area contributed by atoms with Crippen molar-refractivity contribution < 1.29 is 36.2 Å². The molecule has 3 aromatic rings. The minimum absolute atomic E-state index is 0.00442. The van der Waals surface area contributed by atoms with Gasteiger partial charge in [0.05, 0.1) is 12.6 Å². The molecule has 1 aliphatic carbocycles. The van der Waals surface area contributed by atoms with Gasteiger partial charge in [-0.1, -0.05) is 6.07 Å². The quantitative estimate of drug-likeness (QED) is 0.333. The molecule has 1 N–H and O–H groups in total. The monoisotopic (exact) mass is 521 g/mol. The molecule has 0 spiro atoms. The van der Waals surface area contributed by atoms with Crippen LogP contribution in [-0.4, -0.2) is 43.1 Å². The van der Waals surface area contributed by atoms with Gasteiger partial charge in [0.2, 0.25) is 5.89 Å². The Labute approximate surface area is 211 Å². The van der Waals surface area contributed by atoms with E-state index >= 15 is 0 Å². The van der Waals surface area contributed by atoms with Crippen molar-refractivity contribution in [3.63, 3.8) is 0 Å². The van der Waals surface area contributed by atoms with E-state index in [1.807, 2.05) is 0 Å². The molecular formula is C26H27F4N3O4. The fraction of sp³-hybridized carbons (Fsp3) is 0.385. The van der Waals surface area contributed by atoms with Crippen molar-refractivity contribution >= 4 is 5.91 Å². The van der Waals surface area contributed by atoms with E-state index in [9.17, 15) is 22.4 Å². The van der Waals surface area contributed by atoms with Crippen LogP contribution in [0, 0.1) is 17.6 Å². The van der Waals surface area contributed by atoms with E-state index in [0.717, 1.165) is 25.0 Å². The average molecular weight is 522 g/mol. The third-order valence-electron chi connectivity index (χ3n) is 6.03. The third-order valence-corrected chi connectivity index (χ3v) is 6.03. The molecule has 0 bridgehead atoms. The van der Waals surface area contributed by atoms with E-state index in [2.05, 4.69) is 15.0 Å². The van der Waals surface area contributed by atoms with Crippen LogP contribution in [0.4, 0.5) is 17.6 Å². The summed E-state index contributed by atoms with van der Waals surface area (Å²) in [4.78, 5) is 18.9. The number of benzene rings is 2. The van der Waals surface area contributed by atoms with Crippen LogP contribution in [-0.2, 0) is 6.54 Å².